The van der Waals surface area contributed by atoms with Crippen molar-refractivity contribution in [3.8, 4) is 11.1 Å². The van der Waals surface area contributed by atoms with Crippen LogP contribution in [0.15, 0.2) is 109 Å². The topological polar surface area (TPSA) is 0 Å². The second-order valence-corrected chi connectivity index (χ2v) is 13.7. The fraction of sp³-hybridized carbons (Fsp3) is 0.231. The normalized spacial score (nSPS) is 12.6. The molecule has 0 N–H and O–H groups in total. The van der Waals surface area contributed by atoms with Gasteiger partial charge in [-0.2, -0.15) is 23.8 Å². The van der Waals surface area contributed by atoms with Crippen LogP contribution >= 0.6 is 23.2 Å². The minimum absolute atomic E-state index is 0. The SMILES string of the molecule is CC(C)(C)c1[c-]c2c(cc1)-c1ccc(C(C)(C)C)cc1C2.Clc1ccc(C(=C2C=CC=C2)c2ccc(Cl)cc2)cc1.[Cl-].[Cl-].[Zr+3]. The molecule has 225 valence electrons. The average Bonchev–Trinajstić information content (AvgIpc) is 3.58. The van der Waals surface area contributed by atoms with E-state index in [9.17, 15) is 0 Å². The van der Waals surface area contributed by atoms with E-state index in [-0.39, 0.29) is 61.8 Å². The number of hydrogen-bond acceptors (Lipinski definition) is 0. The van der Waals surface area contributed by atoms with Crippen LogP contribution in [0, 0.1) is 6.07 Å². The number of rotatable bonds is 2. The van der Waals surface area contributed by atoms with Crippen molar-refractivity contribution in [3.05, 3.63) is 158 Å². The zero-order chi connectivity index (χ0) is 29.4. The minimum Gasteiger partial charge on any atom is -1.00 e. The first kappa shape index (κ1) is 38.3. The van der Waals surface area contributed by atoms with Crippen LogP contribution in [-0.4, -0.2) is 0 Å². The van der Waals surface area contributed by atoms with Crippen molar-refractivity contribution in [1.29, 1.82) is 0 Å². The Kier molecular flexibility index (Phi) is 13.6. The summed E-state index contributed by atoms with van der Waals surface area (Å²) in [6.07, 6.45) is 9.33. The molecule has 0 bridgehead atoms. The third kappa shape index (κ3) is 8.90. The van der Waals surface area contributed by atoms with Gasteiger partial charge in [0.15, 0.2) is 0 Å². The molecule has 5 heteroatoms. The second-order valence-electron chi connectivity index (χ2n) is 12.9. The molecule has 0 saturated heterocycles. The van der Waals surface area contributed by atoms with E-state index in [1.54, 1.807) is 0 Å². The quantitative estimate of drug-likeness (QED) is 0.208. The number of fused-ring (bicyclic) bond motifs is 3. The largest absolute Gasteiger partial charge is 3.00 e. The first-order valence-corrected chi connectivity index (χ1v) is 15.0. The predicted molar refractivity (Wildman–Crippen MR) is 178 cm³/mol. The van der Waals surface area contributed by atoms with E-state index >= 15 is 0 Å². The molecule has 0 heterocycles. The van der Waals surface area contributed by atoms with Gasteiger partial charge in [-0.3, -0.25) is 0 Å². The monoisotopic (exact) mass is 735 g/mol. The van der Waals surface area contributed by atoms with Crippen LogP contribution < -0.4 is 24.8 Å². The maximum absolute atomic E-state index is 5.98. The Hall–Kier alpha value is -1.86. The number of benzene rings is 4. The minimum atomic E-state index is 0. The van der Waals surface area contributed by atoms with Gasteiger partial charge < -0.3 is 24.8 Å². The van der Waals surface area contributed by atoms with E-state index in [0.717, 1.165) is 27.6 Å². The van der Waals surface area contributed by atoms with E-state index in [0.29, 0.717) is 0 Å². The molecule has 0 atom stereocenters. The number of halogens is 4. The Morgan fingerprint density at radius 1 is 0.636 bits per heavy atom. The standard InChI is InChI=1S/C21H25.C18H12Cl2.2ClH.Zr/c1-20(2,3)16-7-9-18-14(12-16)11-15-13-17(21(4,5)6)8-10-19(15)18;19-16-9-5-14(6-10-16)18(13-3-1-2-4-13)15-7-11-17(20)12-8-15;;;/h7-10,12H,11H2,1-6H3;1-12H;2*1H;/q-1;;;;+3/p-2. The van der Waals surface area contributed by atoms with Gasteiger partial charge >= 0.3 is 26.2 Å². The molecule has 2 aliphatic rings. The average molecular weight is 739 g/mol. The van der Waals surface area contributed by atoms with Gasteiger partial charge in [0, 0.05) is 10.0 Å². The maximum Gasteiger partial charge on any atom is 3.00 e. The van der Waals surface area contributed by atoms with Gasteiger partial charge in [0.2, 0.25) is 0 Å². The summed E-state index contributed by atoms with van der Waals surface area (Å²) < 4.78 is 0. The number of allylic oxidation sites excluding steroid dienone is 5. The first-order valence-electron chi connectivity index (χ1n) is 14.2. The molecule has 1 radical (unpaired) electrons. The summed E-state index contributed by atoms with van der Waals surface area (Å²) in [7, 11) is 0. The van der Waals surface area contributed by atoms with Gasteiger partial charge in [0.25, 0.3) is 0 Å². The molecule has 0 saturated carbocycles. The Bertz CT molecular complexity index is 1540. The molecular weight excluding hydrogens is 701 g/mol. The zero-order valence-corrected chi connectivity index (χ0v) is 31.5. The van der Waals surface area contributed by atoms with Crippen LogP contribution in [0.5, 0.6) is 0 Å². The van der Waals surface area contributed by atoms with E-state index in [4.69, 9.17) is 23.2 Å². The Morgan fingerprint density at radius 3 is 1.61 bits per heavy atom. The zero-order valence-electron chi connectivity index (χ0n) is 26.0. The van der Waals surface area contributed by atoms with Gasteiger partial charge in [-0.05, 0) is 74.9 Å². The molecule has 0 spiro atoms. The van der Waals surface area contributed by atoms with Gasteiger partial charge in [-0.25, -0.2) is 0 Å². The molecule has 0 nitrogen and oxygen atoms in total. The second kappa shape index (κ2) is 15.6. The fourth-order valence-electron chi connectivity index (χ4n) is 5.30. The smallest absolute Gasteiger partial charge is 1.00 e. The molecule has 0 unspecified atom stereocenters. The van der Waals surface area contributed by atoms with Crippen molar-refractivity contribution < 1.29 is 51.0 Å². The summed E-state index contributed by atoms with van der Waals surface area (Å²) in [6, 6.07) is 31.0. The van der Waals surface area contributed by atoms with Crippen LogP contribution in [-0.2, 0) is 43.5 Å². The van der Waals surface area contributed by atoms with Gasteiger partial charge in [-0.1, -0.05) is 137 Å². The van der Waals surface area contributed by atoms with E-state index in [1.165, 1.54) is 44.5 Å². The molecule has 4 aromatic carbocycles. The third-order valence-electron chi connectivity index (χ3n) is 7.68. The summed E-state index contributed by atoms with van der Waals surface area (Å²) >= 11 is 12.0. The molecule has 0 amide bonds. The number of hydrogen-bond donors (Lipinski definition) is 0. The third-order valence-corrected chi connectivity index (χ3v) is 8.19. The molecule has 6 rings (SSSR count). The van der Waals surface area contributed by atoms with Gasteiger partial charge in [0.1, 0.15) is 0 Å². The fourth-order valence-corrected chi connectivity index (χ4v) is 5.55. The van der Waals surface area contributed by atoms with Crippen molar-refractivity contribution in [1.82, 2.24) is 0 Å². The van der Waals surface area contributed by atoms with Crippen molar-refractivity contribution in [2.75, 3.05) is 0 Å². The van der Waals surface area contributed by atoms with Gasteiger partial charge in [-0.15, -0.1) is 11.1 Å². The Morgan fingerprint density at radius 2 is 1.14 bits per heavy atom. The summed E-state index contributed by atoms with van der Waals surface area (Å²) in [6.45, 7) is 13.6. The predicted octanol–water partition coefficient (Wildman–Crippen LogP) is 5.58. The van der Waals surface area contributed by atoms with Crippen LogP contribution in [0.25, 0.3) is 16.7 Å². The summed E-state index contributed by atoms with van der Waals surface area (Å²) in [5.74, 6) is 0. The van der Waals surface area contributed by atoms with Crippen LogP contribution in [0.4, 0.5) is 0 Å². The van der Waals surface area contributed by atoms with Crippen LogP contribution in [0.1, 0.15) is 74.9 Å². The van der Waals surface area contributed by atoms with Crippen LogP contribution in [0.2, 0.25) is 10.0 Å². The van der Waals surface area contributed by atoms with Crippen molar-refractivity contribution >= 4 is 28.8 Å². The van der Waals surface area contributed by atoms with E-state index in [2.05, 4.69) is 90.1 Å². The molecule has 4 aromatic rings. The van der Waals surface area contributed by atoms with Crippen LogP contribution in [0.3, 0.4) is 0 Å². The summed E-state index contributed by atoms with van der Waals surface area (Å²) in [5, 5.41) is 1.48. The van der Waals surface area contributed by atoms with Crippen molar-refractivity contribution in [2.45, 2.75) is 58.8 Å². The van der Waals surface area contributed by atoms with E-state index < -0.39 is 0 Å². The summed E-state index contributed by atoms with van der Waals surface area (Å²) in [4.78, 5) is 0. The molecule has 0 aromatic heterocycles. The Labute approximate surface area is 305 Å². The molecule has 0 fully saturated rings. The van der Waals surface area contributed by atoms with E-state index in [1.807, 2.05) is 60.7 Å². The van der Waals surface area contributed by atoms with Gasteiger partial charge in [0.05, 0.1) is 0 Å². The van der Waals surface area contributed by atoms with Crippen molar-refractivity contribution in [2.24, 2.45) is 0 Å². The van der Waals surface area contributed by atoms with Crippen molar-refractivity contribution in [3.63, 3.8) is 0 Å². The molecule has 44 heavy (non-hydrogen) atoms. The maximum atomic E-state index is 5.98. The molecule has 0 aliphatic heterocycles. The molecular formula is C39H37Cl4Zr. The first-order chi connectivity index (χ1) is 19.4. The summed E-state index contributed by atoms with van der Waals surface area (Å²) in [5.41, 5.74) is 13.4. The Balaban J connectivity index is 0.000000287. The molecule has 2 aliphatic carbocycles.